The predicted octanol–water partition coefficient (Wildman–Crippen LogP) is 1.05. The van der Waals surface area contributed by atoms with Gasteiger partial charge in [-0.2, -0.15) is 0 Å². The van der Waals surface area contributed by atoms with Gasteiger partial charge >= 0.3 is 0 Å². The van der Waals surface area contributed by atoms with E-state index < -0.39 is 0 Å². The van der Waals surface area contributed by atoms with Gasteiger partial charge in [-0.25, -0.2) is 0 Å². The van der Waals surface area contributed by atoms with Crippen LogP contribution in [-0.2, 0) is 14.2 Å². The number of nitrogens with one attached hydrogen (secondary N) is 1. The van der Waals surface area contributed by atoms with E-state index in [9.17, 15) is 0 Å². The topological polar surface area (TPSA) is 60.0 Å². The van der Waals surface area contributed by atoms with Crippen LogP contribution >= 0.6 is 0 Å². The van der Waals surface area contributed by atoms with Crippen molar-refractivity contribution in [2.75, 3.05) is 53.2 Å². The van der Waals surface area contributed by atoms with Crippen LogP contribution in [0.5, 0.6) is 0 Å². The van der Waals surface area contributed by atoms with Crippen LogP contribution in [0.1, 0.15) is 26.2 Å². The van der Waals surface area contributed by atoms with Gasteiger partial charge in [0.2, 0.25) is 0 Å². The highest BCUT2D eigenvalue weighted by atomic mass is 16.5. The number of aliphatic hydroxyl groups excluding tert-OH is 1. The second-order valence-electron chi connectivity index (χ2n) is 5.51. The van der Waals surface area contributed by atoms with E-state index in [4.69, 9.17) is 19.3 Å². The third-order valence-corrected chi connectivity index (χ3v) is 3.87. The molecule has 0 aromatic carbocycles. The lowest BCUT2D eigenvalue weighted by Gasteiger charge is -2.36. The summed E-state index contributed by atoms with van der Waals surface area (Å²) in [5, 5.41) is 11.8. The fourth-order valence-electron chi connectivity index (χ4n) is 2.91. The molecule has 0 saturated heterocycles. The van der Waals surface area contributed by atoms with Gasteiger partial charge in [-0.05, 0) is 31.7 Å². The van der Waals surface area contributed by atoms with Crippen molar-refractivity contribution in [3.8, 4) is 0 Å². The minimum absolute atomic E-state index is 0.0650. The summed E-state index contributed by atoms with van der Waals surface area (Å²) in [4.78, 5) is 0. The lowest BCUT2D eigenvalue weighted by atomic mass is 9.79. The van der Waals surface area contributed by atoms with Crippen LogP contribution in [-0.4, -0.2) is 64.4 Å². The molecule has 1 fully saturated rings. The van der Waals surface area contributed by atoms with E-state index in [0.717, 1.165) is 6.54 Å². The Bertz CT molecular complexity index is 226. The molecule has 0 aromatic heterocycles. The largest absolute Gasteiger partial charge is 0.394 e. The molecule has 0 aromatic rings. The Balaban J connectivity index is 2.08. The van der Waals surface area contributed by atoms with Gasteiger partial charge in [-0.3, -0.25) is 0 Å². The Morgan fingerprint density at radius 1 is 1.05 bits per heavy atom. The second-order valence-corrected chi connectivity index (χ2v) is 5.51. The van der Waals surface area contributed by atoms with Crippen molar-refractivity contribution in [3.63, 3.8) is 0 Å². The third-order valence-electron chi connectivity index (χ3n) is 3.87. The molecule has 0 amide bonds. The third kappa shape index (κ3) is 6.99. The minimum atomic E-state index is 0.0650. The Kier molecular flexibility index (Phi) is 10.2. The van der Waals surface area contributed by atoms with Crippen LogP contribution in [0.25, 0.3) is 0 Å². The van der Waals surface area contributed by atoms with E-state index in [2.05, 4.69) is 12.2 Å². The maximum Gasteiger partial charge on any atom is 0.0704 e. The summed E-state index contributed by atoms with van der Waals surface area (Å²) < 4.78 is 16.6. The van der Waals surface area contributed by atoms with E-state index in [0.29, 0.717) is 51.0 Å². The first-order valence-electron chi connectivity index (χ1n) is 7.82. The molecule has 3 unspecified atom stereocenters. The summed E-state index contributed by atoms with van der Waals surface area (Å²) >= 11 is 0. The van der Waals surface area contributed by atoms with Crippen molar-refractivity contribution in [2.24, 2.45) is 11.8 Å². The van der Waals surface area contributed by atoms with E-state index in [1.165, 1.54) is 19.3 Å². The van der Waals surface area contributed by atoms with E-state index in [1.54, 1.807) is 0 Å². The maximum atomic E-state index is 8.55. The average molecular weight is 289 g/mol. The normalized spacial score (nSPS) is 26.9. The predicted molar refractivity (Wildman–Crippen MR) is 78.9 cm³/mol. The van der Waals surface area contributed by atoms with Gasteiger partial charge in [0.15, 0.2) is 0 Å². The summed E-state index contributed by atoms with van der Waals surface area (Å²) in [6, 6.07) is 0. The van der Waals surface area contributed by atoms with E-state index in [-0.39, 0.29) is 6.61 Å². The van der Waals surface area contributed by atoms with Gasteiger partial charge in [-0.1, -0.05) is 13.3 Å². The molecule has 5 heteroatoms. The average Bonchev–Trinajstić information content (AvgIpc) is 2.44. The zero-order valence-electron chi connectivity index (χ0n) is 13.0. The van der Waals surface area contributed by atoms with Crippen molar-refractivity contribution >= 4 is 0 Å². The SMILES string of the molecule is CNCC1CCCC(C)C1OCCOCCOCCO. The number of rotatable bonds is 11. The molecule has 20 heavy (non-hydrogen) atoms. The number of hydrogen-bond donors (Lipinski definition) is 2. The molecule has 0 bridgehead atoms. The number of aliphatic hydroxyl groups is 1. The zero-order chi connectivity index (χ0) is 14.6. The lowest BCUT2D eigenvalue weighted by molar-refractivity contribution is -0.0664. The molecular formula is C15H31NO4. The Morgan fingerprint density at radius 3 is 2.45 bits per heavy atom. The van der Waals surface area contributed by atoms with Gasteiger partial charge in [0.1, 0.15) is 0 Å². The highest BCUT2D eigenvalue weighted by Gasteiger charge is 2.30. The fourth-order valence-corrected chi connectivity index (χ4v) is 2.91. The fraction of sp³-hybridized carbons (Fsp3) is 1.00. The van der Waals surface area contributed by atoms with Gasteiger partial charge in [0, 0.05) is 6.54 Å². The molecule has 5 nitrogen and oxygen atoms in total. The first kappa shape index (κ1) is 17.9. The molecule has 0 spiro atoms. The molecule has 0 radical (unpaired) electrons. The summed E-state index contributed by atoms with van der Waals surface area (Å²) in [6.45, 7) is 6.11. The first-order chi connectivity index (χ1) is 9.79. The Labute approximate surface area is 123 Å². The molecule has 1 aliphatic rings. The molecule has 1 saturated carbocycles. The van der Waals surface area contributed by atoms with Gasteiger partial charge < -0.3 is 24.6 Å². The van der Waals surface area contributed by atoms with Gasteiger partial charge in [-0.15, -0.1) is 0 Å². The summed E-state index contributed by atoms with van der Waals surface area (Å²) in [6.07, 6.45) is 4.18. The Hall–Kier alpha value is -0.200. The molecular weight excluding hydrogens is 258 g/mol. The highest BCUT2D eigenvalue weighted by molar-refractivity contribution is 4.82. The van der Waals surface area contributed by atoms with Crippen LogP contribution in [0.4, 0.5) is 0 Å². The van der Waals surface area contributed by atoms with Gasteiger partial charge in [0.25, 0.3) is 0 Å². The Morgan fingerprint density at radius 2 is 1.75 bits per heavy atom. The first-order valence-corrected chi connectivity index (χ1v) is 7.82. The molecule has 0 aliphatic heterocycles. The molecule has 1 aliphatic carbocycles. The maximum absolute atomic E-state index is 8.55. The molecule has 1 rings (SSSR count). The van der Waals surface area contributed by atoms with Crippen molar-refractivity contribution in [3.05, 3.63) is 0 Å². The van der Waals surface area contributed by atoms with Crippen LogP contribution < -0.4 is 5.32 Å². The van der Waals surface area contributed by atoms with E-state index >= 15 is 0 Å². The zero-order valence-corrected chi connectivity index (χ0v) is 13.0. The smallest absolute Gasteiger partial charge is 0.0704 e. The standard InChI is InChI=1S/C15H31NO4/c1-13-4-3-5-14(12-16-2)15(13)20-11-10-19-9-8-18-7-6-17/h13-17H,3-12H2,1-2H3. The van der Waals surface area contributed by atoms with Crippen LogP contribution in [0.3, 0.4) is 0 Å². The van der Waals surface area contributed by atoms with Crippen LogP contribution in [0.15, 0.2) is 0 Å². The summed E-state index contributed by atoms with van der Waals surface area (Å²) in [5.41, 5.74) is 0. The molecule has 120 valence electrons. The quantitative estimate of drug-likeness (QED) is 0.557. The van der Waals surface area contributed by atoms with Gasteiger partial charge in [0.05, 0.1) is 45.7 Å². The minimum Gasteiger partial charge on any atom is -0.394 e. The van der Waals surface area contributed by atoms with E-state index in [1.807, 2.05) is 7.05 Å². The molecule has 0 heterocycles. The molecule has 2 N–H and O–H groups in total. The summed E-state index contributed by atoms with van der Waals surface area (Å²) in [5.74, 6) is 1.26. The number of hydrogen-bond acceptors (Lipinski definition) is 5. The highest BCUT2D eigenvalue weighted by Crippen LogP contribution is 2.31. The van der Waals surface area contributed by atoms with Crippen LogP contribution in [0, 0.1) is 11.8 Å². The lowest BCUT2D eigenvalue weighted by Crippen LogP contribution is -2.40. The summed E-state index contributed by atoms with van der Waals surface area (Å²) in [7, 11) is 2.01. The monoisotopic (exact) mass is 289 g/mol. The van der Waals surface area contributed by atoms with Crippen molar-refractivity contribution in [1.82, 2.24) is 5.32 Å². The van der Waals surface area contributed by atoms with Crippen molar-refractivity contribution < 1.29 is 19.3 Å². The molecule has 3 atom stereocenters. The van der Waals surface area contributed by atoms with Crippen LogP contribution in [0.2, 0.25) is 0 Å². The number of ether oxygens (including phenoxy) is 3. The van der Waals surface area contributed by atoms with Crippen molar-refractivity contribution in [1.29, 1.82) is 0 Å². The second kappa shape index (κ2) is 11.5. The van der Waals surface area contributed by atoms with Crippen molar-refractivity contribution in [2.45, 2.75) is 32.3 Å².